The second-order valence-electron chi connectivity index (χ2n) is 5.90. The predicted octanol–water partition coefficient (Wildman–Crippen LogP) is 3.51. The number of hydrogen-bond acceptors (Lipinski definition) is 1. The Kier molecular flexibility index (Phi) is 4.73. The summed E-state index contributed by atoms with van der Waals surface area (Å²) in [5.74, 6) is -0.342. The van der Waals surface area contributed by atoms with E-state index in [1.54, 1.807) is 12.1 Å². The molecule has 1 N–H and O–H groups in total. The molecule has 21 heavy (non-hydrogen) atoms. The van der Waals surface area contributed by atoms with Crippen LogP contribution in [0.5, 0.6) is 0 Å². The lowest BCUT2D eigenvalue weighted by molar-refractivity contribution is -0.122. The van der Waals surface area contributed by atoms with Crippen molar-refractivity contribution in [2.24, 2.45) is 0 Å². The third-order valence-electron chi connectivity index (χ3n) is 3.24. The summed E-state index contributed by atoms with van der Waals surface area (Å²) in [4.78, 5) is 12.1. The van der Waals surface area contributed by atoms with Crippen molar-refractivity contribution in [3.63, 3.8) is 0 Å². The Morgan fingerprint density at radius 1 is 1.00 bits per heavy atom. The average molecular weight is 285 g/mol. The first-order valence-electron chi connectivity index (χ1n) is 7.04. The van der Waals surface area contributed by atoms with Crippen molar-refractivity contribution in [1.29, 1.82) is 0 Å². The lowest BCUT2D eigenvalue weighted by atomic mass is 9.94. The fourth-order valence-electron chi connectivity index (χ4n) is 2.36. The maximum absolute atomic E-state index is 12.8. The molecule has 0 aliphatic rings. The second-order valence-corrected chi connectivity index (χ2v) is 5.90. The highest BCUT2D eigenvalue weighted by Gasteiger charge is 2.20. The van der Waals surface area contributed by atoms with Gasteiger partial charge in [-0.3, -0.25) is 4.79 Å². The van der Waals surface area contributed by atoms with Gasteiger partial charge in [0.2, 0.25) is 5.91 Å². The maximum atomic E-state index is 12.8. The lowest BCUT2D eigenvalue weighted by Gasteiger charge is -2.26. The summed E-state index contributed by atoms with van der Waals surface area (Å²) in [5, 5.41) is 3.04. The molecule has 0 atom stereocenters. The summed E-state index contributed by atoms with van der Waals surface area (Å²) in [6.07, 6.45) is 1.03. The van der Waals surface area contributed by atoms with Crippen LogP contribution in [0.25, 0.3) is 0 Å². The Bertz CT molecular complexity index is 590. The highest BCUT2D eigenvalue weighted by Crippen LogP contribution is 2.13. The van der Waals surface area contributed by atoms with Crippen molar-refractivity contribution in [3.8, 4) is 0 Å². The molecule has 0 saturated carbocycles. The first kappa shape index (κ1) is 15.2. The fourth-order valence-corrected chi connectivity index (χ4v) is 2.36. The van der Waals surface area contributed by atoms with Gasteiger partial charge < -0.3 is 5.32 Å². The van der Waals surface area contributed by atoms with Crippen molar-refractivity contribution >= 4 is 5.91 Å². The number of hydrogen-bond donors (Lipinski definition) is 1. The summed E-state index contributed by atoms with van der Waals surface area (Å²) < 4.78 is 12.8. The first-order chi connectivity index (χ1) is 9.94. The molecule has 0 unspecified atom stereocenters. The summed E-state index contributed by atoms with van der Waals surface area (Å²) in [5.41, 5.74) is 1.67. The Hall–Kier alpha value is -2.16. The van der Waals surface area contributed by atoms with E-state index in [-0.39, 0.29) is 23.7 Å². The molecule has 110 valence electrons. The van der Waals surface area contributed by atoms with Gasteiger partial charge in [-0.2, -0.15) is 0 Å². The predicted molar refractivity (Wildman–Crippen MR) is 82.5 cm³/mol. The van der Waals surface area contributed by atoms with Crippen LogP contribution in [-0.2, 0) is 17.6 Å². The molecule has 2 nitrogen and oxygen atoms in total. The topological polar surface area (TPSA) is 29.1 Å². The van der Waals surface area contributed by atoms with Gasteiger partial charge in [-0.25, -0.2) is 4.39 Å². The minimum absolute atomic E-state index is 0.0532. The molecule has 2 rings (SSSR count). The summed E-state index contributed by atoms with van der Waals surface area (Å²) in [6.45, 7) is 4.01. The fraction of sp³-hybridized carbons (Fsp3) is 0.278. The highest BCUT2D eigenvalue weighted by atomic mass is 19.1. The molecule has 0 aliphatic carbocycles. The molecule has 0 spiro atoms. The number of benzene rings is 2. The van der Waals surface area contributed by atoms with Gasteiger partial charge in [0.25, 0.3) is 0 Å². The number of nitrogens with one attached hydrogen (secondary N) is 1. The van der Waals surface area contributed by atoms with Crippen LogP contribution in [0.4, 0.5) is 4.39 Å². The minimum atomic E-state index is -0.321. The van der Waals surface area contributed by atoms with E-state index in [1.807, 2.05) is 44.2 Å². The zero-order chi connectivity index (χ0) is 15.3. The molecule has 1 amide bonds. The van der Waals surface area contributed by atoms with Gasteiger partial charge in [-0.1, -0.05) is 42.5 Å². The molecule has 0 aromatic heterocycles. The van der Waals surface area contributed by atoms with Gasteiger partial charge in [0.1, 0.15) is 5.82 Å². The van der Waals surface area contributed by atoms with Crippen LogP contribution >= 0.6 is 0 Å². The van der Waals surface area contributed by atoms with Crippen molar-refractivity contribution in [1.82, 2.24) is 5.32 Å². The molecular formula is C18H20FNO. The SMILES string of the molecule is CC(C)(Cc1ccccc1)NC(=O)Cc1ccc(F)cc1. The molecular weight excluding hydrogens is 265 g/mol. The lowest BCUT2D eigenvalue weighted by Crippen LogP contribution is -2.45. The standard InChI is InChI=1S/C18H20FNO/c1-18(2,13-15-6-4-3-5-7-15)20-17(21)12-14-8-10-16(19)11-9-14/h3-11H,12-13H2,1-2H3,(H,20,21). The van der Waals surface area contributed by atoms with Gasteiger partial charge in [0, 0.05) is 5.54 Å². The van der Waals surface area contributed by atoms with E-state index >= 15 is 0 Å². The van der Waals surface area contributed by atoms with E-state index in [0.29, 0.717) is 0 Å². The van der Waals surface area contributed by atoms with Crippen LogP contribution in [0.1, 0.15) is 25.0 Å². The molecule has 0 bridgehead atoms. The molecule has 0 radical (unpaired) electrons. The smallest absolute Gasteiger partial charge is 0.224 e. The van der Waals surface area contributed by atoms with E-state index in [4.69, 9.17) is 0 Å². The number of halogens is 1. The molecule has 0 fully saturated rings. The zero-order valence-electron chi connectivity index (χ0n) is 12.4. The van der Waals surface area contributed by atoms with E-state index in [0.717, 1.165) is 12.0 Å². The number of carbonyl (C=O) groups excluding carboxylic acids is 1. The van der Waals surface area contributed by atoms with Gasteiger partial charge >= 0.3 is 0 Å². The quantitative estimate of drug-likeness (QED) is 0.895. The largest absolute Gasteiger partial charge is 0.351 e. The molecule has 0 saturated heterocycles. The number of carbonyl (C=O) groups is 1. The average Bonchev–Trinajstić information content (AvgIpc) is 2.41. The van der Waals surface area contributed by atoms with Crippen LogP contribution in [0.15, 0.2) is 54.6 Å². The van der Waals surface area contributed by atoms with Crippen LogP contribution < -0.4 is 5.32 Å². The van der Waals surface area contributed by atoms with Crippen LogP contribution in [0.2, 0.25) is 0 Å². The van der Waals surface area contributed by atoms with Crippen LogP contribution in [-0.4, -0.2) is 11.4 Å². The molecule has 2 aromatic carbocycles. The van der Waals surface area contributed by atoms with E-state index in [2.05, 4.69) is 5.32 Å². The summed E-state index contributed by atoms with van der Waals surface area (Å²) >= 11 is 0. The molecule has 2 aromatic rings. The Labute approximate surface area is 125 Å². The van der Waals surface area contributed by atoms with E-state index in [1.165, 1.54) is 17.7 Å². The molecule has 0 aliphatic heterocycles. The summed E-state index contributed by atoms with van der Waals surface area (Å²) in [7, 11) is 0. The second kappa shape index (κ2) is 6.53. The Balaban J connectivity index is 1.93. The third-order valence-corrected chi connectivity index (χ3v) is 3.24. The Morgan fingerprint density at radius 2 is 1.62 bits per heavy atom. The van der Waals surface area contributed by atoms with E-state index in [9.17, 15) is 9.18 Å². The monoisotopic (exact) mass is 285 g/mol. The maximum Gasteiger partial charge on any atom is 0.224 e. The van der Waals surface area contributed by atoms with Crippen molar-refractivity contribution < 1.29 is 9.18 Å². The van der Waals surface area contributed by atoms with Gasteiger partial charge in [-0.05, 0) is 43.5 Å². The van der Waals surface area contributed by atoms with Crippen molar-refractivity contribution in [2.75, 3.05) is 0 Å². The molecule has 3 heteroatoms. The van der Waals surface area contributed by atoms with Crippen LogP contribution in [0.3, 0.4) is 0 Å². The zero-order valence-corrected chi connectivity index (χ0v) is 12.4. The van der Waals surface area contributed by atoms with E-state index < -0.39 is 0 Å². The Morgan fingerprint density at radius 3 is 2.24 bits per heavy atom. The minimum Gasteiger partial charge on any atom is -0.351 e. The summed E-state index contributed by atoms with van der Waals surface area (Å²) in [6, 6.07) is 16.1. The molecule has 0 heterocycles. The number of amides is 1. The van der Waals surface area contributed by atoms with Gasteiger partial charge in [0.05, 0.1) is 6.42 Å². The highest BCUT2D eigenvalue weighted by molar-refractivity contribution is 5.79. The normalized spacial score (nSPS) is 11.2. The van der Waals surface area contributed by atoms with Gasteiger partial charge in [-0.15, -0.1) is 0 Å². The van der Waals surface area contributed by atoms with Crippen molar-refractivity contribution in [3.05, 3.63) is 71.5 Å². The number of rotatable bonds is 5. The third kappa shape index (κ3) is 5.03. The van der Waals surface area contributed by atoms with Gasteiger partial charge in [0.15, 0.2) is 0 Å². The van der Waals surface area contributed by atoms with Crippen LogP contribution in [0, 0.1) is 5.82 Å². The van der Waals surface area contributed by atoms with Crippen molar-refractivity contribution in [2.45, 2.75) is 32.2 Å². The first-order valence-corrected chi connectivity index (χ1v) is 7.04.